The smallest absolute Gasteiger partial charge is 0.250 e. The van der Waals surface area contributed by atoms with Crippen LogP contribution in [0.5, 0.6) is 5.75 Å². The van der Waals surface area contributed by atoms with E-state index in [4.69, 9.17) is 51.1 Å². The molecule has 0 fully saturated rings. The van der Waals surface area contributed by atoms with Gasteiger partial charge >= 0.3 is 0 Å². The molecule has 0 amide bonds. The number of methoxy groups -OCH3 is 1. The van der Waals surface area contributed by atoms with Crippen molar-refractivity contribution in [1.82, 2.24) is 9.97 Å². The number of aryl methyl sites for hydroxylation is 1. The van der Waals surface area contributed by atoms with Crippen molar-refractivity contribution in [2.45, 2.75) is 10.7 Å². The maximum atomic E-state index is 5.79. The average molecular weight is 276 g/mol. The summed E-state index contributed by atoms with van der Waals surface area (Å²) in [6.07, 6.45) is 0. The summed E-state index contributed by atoms with van der Waals surface area (Å²) in [5, 5.41) is 0.126. The fraction of sp³-hybridized carbons (Fsp3) is 0.429. The Kier molecular flexibility index (Phi) is 3.69. The van der Waals surface area contributed by atoms with Crippen LogP contribution in [0.1, 0.15) is 11.5 Å². The molecule has 0 bridgehead atoms. The molecule has 1 heterocycles. The molecule has 0 aliphatic carbocycles. The van der Waals surface area contributed by atoms with Gasteiger partial charge in [0, 0.05) is 0 Å². The van der Waals surface area contributed by atoms with Crippen LogP contribution in [0.15, 0.2) is 0 Å². The fourth-order valence-corrected chi connectivity index (χ4v) is 1.43. The van der Waals surface area contributed by atoms with E-state index >= 15 is 0 Å². The van der Waals surface area contributed by atoms with Crippen molar-refractivity contribution < 1.29 is 4.74 Å². The quantitative estimate of drug-likeness (QED) is 0.583. The van der Waals surface area contributed by atoms with E-state index in [2.05, 4.69) is 9.97 Å². The van der Waals surface area contributed by atoms with Gasteiger partial charge in [0.25, 0.3) is 0 Å². The standard InChI is InChI=1S/C7H6Cl4N2O/c1-3-4(14-2)5(8)13-6(12-3)7(9,10)11/h1-2H3. The first-order valence-electron chi connectivity index (χ1n) is 3.51. The Bertz CT molecular complexity index is 327. The molecule has 1 aromatic rings. The lowest BCUT2D eigenvalue weighted by atomic mass is 10.4. The number of aromatic nitrogens is 2. The van der Waals surface area contributed by atoms with Crippen molar-refractivity contribution in [3.05, 3.63) is 16.7 Å². The Labute approximate surface area is 101 Å². The Morgan fingerprint density at radius 2 is 1.79 bits per heavy atom. The molecule has 1 rings (SSSR count). The summed E-state index contributed by atoms with van der Waals surface area (Å²) >= 11 is 22.6. The third-order valence-electron chi connectivity index (χ3n) is 1.45. The molecule has 0 saturated heterocycles. The number of ether oxygens (including phenoxy) is 1. The highest BCUT2D eigenvalue weighted by molar-refractivity contribution is 6.66. The Morgan fingerprint density at radius 1 is 1.21 bits per heavy atom. The van der Waals surface area contributed by atoms with Gasteiger partial charge in [-0.15, -0.1) is 0 Å². The topological polar surface area (TPSA) is 35.0 Å². The molecule has 0 N–H and O–H groups in total. The van der Waals surface area contributed by atoms with Gasteiger partial charge in [0.15, 0.2) is 16.7 Å². The lowest BCUT2D eigenvalue weighted by Gasteiger charge is -2.12. The van der Waals surface area contributed by atoms with E-state index in [1.807, 2.05) is 0 Å². The molecule has 0 spiro atoms. The van der Waals surface area contributed by atoms with Crippen LogP contribution in [0.2, 0.25) is 5.15 Å². The predicted octanol–water partition coefficient (Wildman–Crippen LogP) is 3.27. The first kappa shape index (κ1) is 12.1. The van der Waals surface area contributed by atoms with E-state index in [0.29, 0.717) is 11.4 Å². The summed E-state index contributed by atoms with van der Waals surface area (Å²) in [6.45, 7) is 1.69. The summed E-state index contributed by atoms with van der Waals surface area (Å²) in [7, 11) is 1.46. The molecule has 0 aliphatic heterocycles. The summed E-state index contributed by atoms with van der Waals surface area (Å²) < 4.78 is 3.28. The molecule has 0 aromatic carbocycles. The lowest BCUT2D eigenvalue weighted by Crippen LogP contribution is -2.09. The van der Waals surface area contributed by atoms with Crippen LogP contribution in [-0.4, -0.2) is 17.1 Å². The van der Waals surface area contributed by atoms with Gasteiger partial charge in [0.1, 0.15) is 0 Å². The molecule has 0 unspecified atom stereocenters. The number of nitrogens with zero attached hydrogens (tertiary/aromatic N) is 2. The third kappa shape index (κ3) is 2.54. The first-order valence-corrected chi connectivity index (χ1v) is 5.02. The molecule has 0 aliphatic rings. The molecule has 1 aromatic heterocycles. The highest BCUT2D eigenvalue weighted by atomic mass is 35.6. The molecular weight excluding hydrogens is 270 g/mol. The minimum atomic E-state index is -1.68. The van der Waals surface area contributed by atoms with Gasteiger partial charge in [0.05, 0.1) is 12.8 Å². The van der Waals surface area contributed by atoms with Crippen LogP contribution >= 0.6 is 46.4 Å². The minimum Gasteiger partial charge on any atom is -0.492 e. The Balaban J connectivity index is 3.28. The van der Waals surface area contributed by atoms with Crippen molar-refractivity contribution in [1.29, 1.82) is 0 Å². The molecule has 14 heavy (non-hydrogen) atoms. The zero-order valence-electron chi connectivity index (χ0n) is 7.31. The van der Waals surface area contributed by atoms with Crippen LogP contribution < -0.4 is 4.74 Å². The van der Waals surface area contributed by atoms with Crippen LogP contribution in [0.3, 0.4) is 0 Å². The SMILES string of the molecule is COc1c(C)nc(C(Cl)(Cl)Cl)nc1Cl. The molecule has 0 atom stereocenters. The van der Waals surface area contributed by atoms with Crippen molar-refractivity contribution in [3.8, 4) is 5.75 Å². The fourth-order valence-electron chi connectivity index (χ4n) is 0.886. The van der Waals surface area contributed by atoms with E-state index in [-0.39, 0.29) is 11.0 Å². The van der Waals surface area contributed by atoms with Gasteiger partial charge in [-0.1, -0.05) is 46.4 Å². The van der Waals surface area contributed by atoms with E-state index in [9.17, 15) is 0 Å². The largest absolute Gasteiger partial charge is 0.492 e. The predicted molar refractivity (Wildman–Crippen MR) is 57.6 cm³/mol. The Hall–Kier alpha value is 0.0400. The average Bonchev–Trinajstić information content (AvgIpc) is 2.01. The van der Waals surface area contributed by atoms with E-state index in [1.54, 1.807) is 6.92 Å². The number of rotatable bonds is 1. The van der Waals surface area contributed by atoms with Gasteiger partial charge in [-0.2, -0.15) is 0 Å². The summed E-state index contributed by atoms with van der Waals surface area (Å²) in [6, 6.07) is 0. The van der Waals surface area contributed by atoms with Crippen LogP contribution in [0, 0.1) is 6.92 Å². The molecule has 7 heteroatoms. The van der Waals surface area contributed by atoms with E-state index in [1.165, 1.54) is 7.11 Å². The first-order chi connectivity index (χ1) is 6.36. The van der Waals surface area contributed by atoms with E-state index in [0.717, 1.165) is 0 Å². The normalized spacial score (nSPS) is 11.6. The van der Waals surface area contributed by atoms with Crippen molar-refractivity contribution in [2.24, 2.45) is 0 Å². The Morgan fingerprint density at radius 3 is 2.14 bits per heavy atom. The monoisotopic (exact) mass is 274 g/mol. The maximum absolute atomic E-state index is 5.79. The minimum absolute atomic E-state index is 0.0331. The molecule has 3 nitrogen and oxygen atoms in total. The lowest BCUT2D eigenvalue weighted by molar-refractivity contribution is 0.406. The van der Waals surface area contributed by atoms with Gasteiger partial charge in [-0.05, 0) is 6.92 Å². The second kappa shape index (κ2) is 4.27. The zero-order chi connectivity index (χ0) is 10.9. The zero-order valence-corrected chi connectivity index (χ0v) is 10.3. The second-order valence-electron chi connectivity index (χ2n) is 2.45. The number of halogens is 4. The number of hydrogen-bond donors (Lipinski definition) is 0. The summed E-state index contributed by atoms with van der Waals surface area (Å²) in [4.78, 5) is 7.77. The second-order valence-corrected chi connectivity index (χ2v) is 5.09. The van der Waals surface area contributed by atoms with Crippen molar-refractivity contribution in [3.63, 3.8) is 0 Å². The summed E-state index contributed by atoms with van der Waals surface area (Å²) in [5.74, 6) is 0.412. The maximum Gasteiger partial charge on any atom is 0.250 e. The molecule has 78 valence electrons. The highest BCUT2D eigenvalue weighted by Gasteiger charge is 2.28. The van der Waals surface area contributed by atoms with Gasteiger partial charge in [-0.3, -0.25) is 0 Å². The van der Waals surface area contributed by atoms with Crippen LogP contribution in [0.25, 0.3) is 0 Å². The highest BCUT2D eigenvalue weighted by Crippen LogP contribution is 2.38. The van der Waals surface area contributed by atoms with Gasteiger partial charge in [-0.25, -0.2) is 9.97 Å². The third-order valence-corrected chi connectivity index (χ3v) is 2.21. The van der Waals surface area contributed by atoms with Gasteiger partial charge in [0.2, 0.25) is 3.79 Å². The van der Waals surface area contributed by atoms with Gasteiger partial charge < -0.3 is 4.74 Å². The molecule has 0 radical (unpaired) electrons. The van der Waals surface area contributed by atoms with Crippen LogP contribution in [-0.2, 0) is 3.79 Å². The van der Waals surface area contributed by atoms with E-state index < -0.39 is 3.79 Å². The number of hydrogen-bond acceptors (Lipinski definition) is 3. The number of alkyl halides is 3. The molecule has 0 saturated carbocycles. The summed E-state index contributed by atoms with van der Waals surface area (Å²) in [5.41, 5.74) is 0.522. The molecular formula is C7H6Cl4N2O. The van der Waals surface area contributed by atoms with Crippen molar-refractivity contribution >= 4 is 46.4 Å². The van der Waals surface area contributed by atoms with Crippen molar-refractivity contribution in [2.75, 3.05) is 7.11 Å². The van der Waals surface area contributed by atoms with Crippen LogP contribution in [0.4, 0.5) is 0 Å².